The molecule has 0 N–H and O–H groups in total. The van der Waals surface area contributed by atoms with Crippen LogP contribution in [0.5, 0.6) is 5.75 Å². The number of piperazine rings is 1. The second kappa shape index (κ2) is 8.34. The van der Waals surface area contributed by atoms with Gasteiger partial charge in [-0.2, -0.15) is 0 Å². The summed E-state index contributed by atoms with van der Waals surface area (Å²) < 4.78 is 33.9. The minimum absolute atomic E-state index is 0.0384. The summed E-state index contributed by atoms with van der Waals surface area (Å²) in [7, 11) is 1.00. The lowest BCUT2D eigenvalue weighted by Gasteiger charge is -2.36. The van der Waals surface area contributed by atoms with Crippen LogP contribution < -0.4 is 15.3 Å². The van der Waals surface area contributed by atoms with Gasteiger partial charge in [-0.1, -0.05) is 0 Å². The minimum Gasteiger partial charge on any atom is -0.497 e. The Morgan fingerprint density at radius 2 is 1.56 bits per heavy atom. The van der Waals surface area contributed by atoms with Crippen molar-refractivity contribution in [2.24, 2.45) is 14.1 Å². The van der Waals surface area contributed by atoms with Crippen molar-refractivity contribution in [2.75, 3.05) is 43.9 Å². The highest BCUT2D eigenvalue weighted by molar-refractivity contribution is 7.92. The first-order valence-electron chi connectivity index (χ1n) is 10.3. The molecule has 1 saturated heterocycles. The number of amides is 1. The highest BCUT2D eigenvalue weighted by Crippen LogP contribution is 2.22. The third-order valence-corrected chi connectivity index (χ3v) is 7.59. The van der Waals surface area contributed by atoms with Crippen molar-refractivity contribution in [3.05, 3.63) is 52.9 Å². The lowest BCUT2D eigenvalue weighted by atomic mass is 10.2. The number of aryl methyl sites for hydroxylation is 2. The Bertz CT molecular complexity index is 1320. The van der Waals surface area contributed by atoms with Gasteiger partial charge in [0.25, 0.3) is 0 Å². The normalized spacial score (nSPS) is 14.7. The van der Waals surface area contributed by atoms with Gasteiger partial charge in [0.1, 0.15) is 11.5 Å². The van der Waals surface area contributed by atoms with E-state index in [1.54, 1.807) is 32.2 Å². The van der Waals surface area contributed by atoms with Crippen molar-refractivity contribution in [1.82, 2.24) is 14.0 Å². The predicted octanol–water partition coefficient (Wildman–Crippen LogP) is 1.01. The zero-order valence-corrected chi connectivity index (χ0v) is 19.1. The van der Waals surface area contributed by atoms with Crippen LogP contribution in [0.4, 0.5) is 5.69 Å². The molecule has 0 saturated carbocycles. The molecule has 0 atom stereocenters. The number of sulfone groups is 1. The summed E-state index contributed by atoms with van der Waals surface area (Å²) in [4.78, 5) is 28.6. The van der Waals surface area contributed by atoms with Gasteiger partial charge >= 0.3 is 5.69 Å². The molecular weight excluding hydrogens is 432 g/mol. The van der Waals surface area contributed by atoms with Gasteiger partial charge in [0.15, 0.2) is 9.84 Å². The molecule has 2 heterocycles. The van der Waals surface area contributed by atoms with Crippen molar-refractivity contribution in [3.63, 3.8) is 0 Å². The number of benzene rings is 2. The number of carbonyl (C=O) groups is 1. The molecule has 32 heavy (non-hydrogen) atoms. The quantitative estimate of drug-likeness (QED) is 0.567. The van der Waals surface area contributed by atoms with Gasteiger partial charge < -0.3 is 14.5 Å². The Hall–Kier alpha value is -3.27. The molecular formula is C22H26N4O5S. The Balaban J connectivity index is 1.44. The van der Waals surface area contributed by atoms with Crippen LogP contribution in [0.15, 0.2) is 52.2 Å². The molecule has 2 aromatic carbocycles. The highest BCUT2D eigenvalue weighted by atomic mass is 32.2. The van der Waals surface area contributed by atoms with Crippen molar-refractivity contribution in [3.8, 4) is 5.75 Å². The van der Waals surface area contributed by atoms with E-state index in [0.717, 1.165) is 11.4 Å². The van der Waals surface area contributed by atoms with Crippen LogP contribution in [0, 0.1) is 0 Å². The summed E-state index contributed by atoms with van der Waals surface area (Å²) in [6.45, 7) is 2.14. The summed E-state index contributed by atoms with van der Waals surface area (Å²) >= 11 is 0. The number of hydrogen-bond donors (Lipinski definition) is 0. The summed E-state index contributed by atoms with van der Waals surface area (Å²) in [6.07, 6.45) is 0. The summed E-state index contributed by atoms with van der Waals surface area (Å²) in [6, 6.07) is 12.2. The maximum atomic E-state index is 12.9. The third kappa shape index (κ3) is 3.97. The number of anilines is 1. The number of imidazole rings is 1. The van der Waals surface area contributed by atoms with Gasteiger partial charge in [-0.05, 0) is 42.5 Å². The average molecular weight is 459 g/mol. The molecule has 9 nitrogen and oxygen atoms in total. The molecule has 1 amide bonds. The standard InChI is InChI=1S/C22H26N4O5S/c1-23-19-9-8-18(14-20(19)24(2)22(23)28)32(29,30)15-21(27)26-12-10-25(11-13-26)16-4-6-17(31-3)7-5-16/h4-9,14H,10-13,15H2,1-3H3. The van der Waals surface area contributed by atoms with E-state index < -0.39 is 21.5 Å². The van der Waals surface area contributed by atoms with Crippen LogP contribution in [0.2, 0.25) is 0 Å². The number of fused-ring (bicyclic) bond motifs is 1. The zero-order valence-electron chi connectivity index (χ0n) is 18.3. The first kappa shape index (κ1) is 21.9. The van der Waals surface area contributed by atoms with Gasteiger partial charge in [0.05, 0.1) is 23.0 Å². The fraction of sp³-hybridized carbons (Fsp3) is 0.364. The average Bonchev–Trinajstić information content (AvgIpc) is 3.02. The topological polar surface area (TPSA) is 93.8 Å². The molecule has 1 aromatic heterocycles. The summed E-state index contributed by atoms with van der Waals surface area (Å²) in [5, 5.41) is 0. The van der Waals surface area contributed by atoms with E-state index in [1.807, 2.05) is 24.3 Å². The van der Waals surface area contributed by atoms with E-state index in [-0.39, 0.29) is 10.6 Å². The largest absolute Gasteiger partial charge is 0.497 e. The third-order valence-electron chi connectivity index (χ3n) is 5.99. The van der Waals surface area contributed by atoms with Crippen LogP contribution >= 0.6 is 0 Å². The molecule has 170 valence electrons. The smallest absolute Gasteiger partial charge is 0.328 e. The molecule has 1 fully saturated rings. The van der Waals surface area contributed by atoms with Gasteiger partial charge in [-0.15, -0.1) is 0 Å². The number of aromatic nitrogens is 2. The highest BCUT2D eigenvalue weighted by Gasteiger charge is 2.27. The fourth-order valence-electron chi connectivity index (χ4n) is 4.02. The summed E-state index contributed by atoms with van der Waals surface area (Å²) in [5.74, 6) is -0.232. The van der Waals surface area contributed by atoms with Crippen molar-refractivity contribution in [1.29, 1.82) is 0 Å². The Labute approximate surface area is 186 Å². The SMILES string of the molecule is COc1ccc(N2CCN(C(=O)CS(=O)(=O)c3ccc4c(c3)n(C)c(=O)n4C)CC2)cc1. The van der Waals surface area contributed by atoms with Crippen LogP contribution in [0.25, 0.3) is 11.0 Å². The maximum Gasteiger partial charge on any atom is 0.328 e. The Kier molecular flexibility index (Phi) is 5.72. The molecule has 4 rings (SSSR count). The lowest BCUT2D eigenvalue weighted by molar-refractivity contribution is -0.128. The van der Waals surface area contributed by atoms with Crippen molar-refractivity contribution >= 4 is 32.5 Å². The molecule has 1 aliphatic heterocycles. The van der Waals surface area contributed by atoms with Crippen LogP contribution in [-0.2, 0) is 28.7 Å². The van der Waals surface area contributed by atoms with Gasteiger partial charge in [-0.3, -0.25) is 13.9 Å². The number of methoxy groups -OCH3 is 1. The van der Waals surface area contributed by atoms with Crippen LogP contribution in [0.3, 0.4) is 0 Å². The first-order chi connectivity index (χ1) is 15.2. The van der Waals surface area contributed by atoms with E-state index in [2.05, 4.69) is 4.90 Å². The Morgan fingerprint density at radius 3 is 2.19 bits per heavy atom. The van der Waals surface area contributed by atoms with E-state index >= 15 is 0 Å². The fourth-order valence-corrected chi connectivity index (χ4v) is 5.27. The van der Waals surface area contributed by atoms with E-state index in [1.165, 1.54) is 21.3 Å². The Morgan fingerprint density at radius 1 is 0.938 bits per heavy atom. The van der Waals surface area contributed by atoms with Gasteiger partial charge in [-0.25, -0.2) is 13.2 Å². The second-order valence-corrected chi connectivity index (χ2v) is 9.87. The predicted molar refractivity (Wildman–Crippen MR) is 122 cm³/mol. The molecule has 0 spiro atoms. The van der Waals surface area contributed by atoms with E-state index in [0.29, 0.717) is 37.2 Å². The number of ether oxygens (including phenoxy) is 1. The first-order valence-corrected chi connectivity index (χ1v) is 11.9. The second-order valence-electron chi connectivity index (χ2n) is 7.88. The van der Waals surface area contributed by atoms with Gasteiger partial charge in [0.2, 0.25) is 5.91 Å². The molecule has 0 radical (unpaired) electrons. The maximum absolute atomic E-state index is 12.9. The van der Waals surface area contributed by atoms with Crippen LogP contribution in [0.1, 0.15) is 0 Å². The lowest BCUT2D eigenvalue weighted by Crippen LogP contribution is -2.50. The zero-order chi connectivity index (χ0) is 23.0. The summed E-state index contributed by atoms with van der Waals surface area (Å²) in [5.41, 5.74) is 1.95. The molecule has 3 aromatic rings. The monoisotopic (exact) mass is 458 g/mol. The van der Waals surface area contributed by atoms with Crippen molar-refractivity contribution in [2.45, 2.75) is 4.90 Å². The number of hydrogen-bond acceptors (Lipinski definition) is 6. The number of nitrogens with zero attached hydrogens (tertiary/aromatic N) is 4. The molecule has 1 aliphatic rings. The minimum atomic E-state index is -3.84. The molecule has 0 unspecified atom stereocenters. The van der Waals surface area contributed by atoms with Crippen molar-refractivity contribution < 1.29 is 17.9 Å². The molecule has 0 bridgehead atoms. The van der Waals surface area contributed by atoms with E-state index in [9.17, 15) is 18.0 Å². The number of rotatable bonds is 5. The molecule has 0 aliphatic carbocycles. The van der Waals surface area contributed by atoms with E-state index in [4.69, 9.17) is 4.74 Å². The molecule has 10 heteroatoms. The van der Waals surface area contributed by atoms with Crippen LogP contribution in [-0.4, -0.2) is 67.4 Å². The van der Waals surface area contributed by atoms with Gasteiger partial charge in [0, 0.05) is 46.0 Å². The number of carbonyl (C=O) groups excluding carboxylic acids is 1.